The van der Waals surface area contributed by atoms with Crippen LogP contribution in [0.2, 0.25) is 5.15 Å². The summed E-state index contributed by atoms with van der Waals surface area (Å²) in [5.41, 5.74) is 0.372. The molecule has 2 rings (SSSR count). The Morgan fingerprint density at radius 3 is 2.57 bits per heavy atom. The van der Waals surface area contributed by atoms with E-state index in [1.54, 1.807) is 17.0 Å². The number of halogens is 1. The highest BCUT2D eigenvalue weighted by molar-refractivity contribution is 6.29. The van der Waals surface area contributed by atoms with Crippen molar-refractivity contribution in [3.8, 4) is 0 Å². The van der Waals surface area contributed by atoms with Crippen molar-refractivity contribution in [1.29, 1.82) is 0 Å². The second-order valence-corrected chi connectivity index (χ2v) is 3.63. The highest BCUT2D eigenvalue weighted by Crippen LogP contribution is 2.11. The Hall–Kier alpha value is -1.16. The smallest absolute Gasteiger partial charge is 0.274 e. The molecule has 0 saturated carbocycles. The number of carbonyl (C=O) groups is 1. The van der Waals surface area contributed by atoms with Crippen molar-refractivity contribution in [3.05, 3.63) is 23.0 Å². The molecule has 0 atom stereocenters. The summed E-state index contributed by atoms with van der Waals surface area (Å²) in [6.07, 6.45) is 2.15. The maximum absolute atomic E-state index is 11.7. The third-order valence-electron chi connectivity index (χ3n) is 2.24. The first-order valence-corrected chi connectivity index (χ1v) is 4.94. The number of nitrogens with zero attached hydrogens (tertiary/aromatic N) is 3. The molecule has 0 radical (unpaired) electrons. The van der Waals surface area contributed by atoms with Gasteiger partial charge in [0.15, 0.2) is 10.8 Å². The van der Waals surface area contributed by atoms with Crippen LogP contribution in [-0.4, -0.2) is 34.1 Å². The van der Waals surface area contributed by atoms with Crippen LogP contribution in [-0.2, 0) is 0 Å². The Bertz CT molecular complexity index is 332. The van der Waals surface area contributed by atoms with Crippen molar-refractivity contribution in [1.82, 2.24) is 15.1 Å². The Labute approximate surface area is 86.9 Å². The fraction of sp³-hybridized carbons (Fsp3) is 0.444. The van der Waals surface area contributed by atoms with E-state index < -0.39 is 0 Å². The zero-order valence-corrected chi connectivity index (χ0v) is 8.37. The van der Waals surface area contributed by atoms with Crippen molar-refractivity contribution < 1.29 is 4.79 Å². The Kier molecular flexibility index (Phi) is 2.63. The van der Waals surface area contributed by atoms with Crippen LogP contribution in [0.1, 0.15) is 23.3 Å². The number of carbonyl (C=O) groups excluding carboxylic acids is 1. The van der Waals surface area contributed by atoms with Crippen molar-refractivity contribution in [2.75, 3.05) is 13.1 Å². The van der Waals surface area contributed by atoms with Crippen molar-refractivity contribution in [2.45, 2.75) is 12.8 Å². The van der Waals surface area contributed by atoms with Crippen molar-refractivity contribution in [2.24, 2.45) is 0 Å². The van der Waals surface area contributed by atoms with Gasteiger partial charge in [-0.25, -0.2) is 0 Å². The van der Waals surface area contributed by atoms with E-state index in [9.17, 15) is 4.79 Å². The quantitative estimate of drug-likeness (QED) is 0.705. The lowest BCUT2D eigenvalue weighted by Crippen LogP contribution is -2.28. The van der Waals surface area contributed by atoms with Crippen LogP contribution in [0.4, 0.5) is 0 Å². The Balaban J connectivity index is 2.14. The van der Waals surface area contributed by atoms with E-state index in [4.69, 9.17) is 11.6 Å². The molecule has 1 amide bonds. The van der Waals surface area contributed by atoms with Gasteiger partial charge in [-0.2, -0.15) is 0 Å². The molecule has 0 unspecified atom stereocenters. The van der Waals surface area contributed by atoms with E-state index in [0.29, 0.717) is 10.8 Å². The molecule has 1 aromatic heterocycles. The third-order valence-corrected chi connectivity index (χ3v) is 2.45. The minimum atomic E-state index is -0.0494. The molecule has 0 N–H and O–H groups in total. The fourth-order valence-electron chi connectivity index (χ4n) is 1.51. The maximum atomic E-state index is 11.7. The van der Waals surface area contributed by atoms with E-state index in [1.165, 1.54) is 0 Å². The minimum absolute atomic E-state index is 0.0494. The van der Waals surface area contributed by atoms with E-state index in [0.717, 1.165) is 25.9 Å². The van der Waals surface area contributed by atoms with Crippen LogP contribution >= 0.6 is 11.6 Å². The summed E-state index contributed by atoms with van der Waals surface area (Å²) in [5, 5.41) is 7.70. The van der Waals surface area contributed by atoms with Crippen LogP contribution in [0.15, 0.2) is 12.1 Å². The average Bonchev–Trinajstić information content (AvgIpc) is 2.71. The van der Waals surface area contributed by atoms with E-state index in [1.807, 2.05) is 0 Å². The standard InChI is InChI=1S/C9H10ClN3O/c10-8-4-3-7(11-12-8)9(14)13-5-1-2-6-13/h3-4H,1-2,5-6H2. The molecule has 2 heterocycles. The lowest BCUT2D eigenvalue weighted by atomic mass is 10.3. The summed E-state index contributed by atoms with van der Waals surface area (Å²) < 4.78 is 0. The number of rotatable bonds is 1. The summed E-state index contributed by atoms with van der Waals surface area (Å²) in [4.78, 5) is 13.5. The van der Waals surface area contributed by atoms with E-state index >= 15 is 0 Å². The zero-order chi connectivity index (χ0) is 9.97. The van der Waals surface area contributed by atoms with Gasteiger partial charge < -0.3 is 4.90 Å². The molecule has 14 heavy (non-hydrogen) atoms. The van der Waals surface area contributed by atoms with Crippen LogP contribution < -0.4 is 0 Å². The molecular formula is C9H10ClN3O. The van der Waals surface area contributed by atoms with Crippen molar-refractivity contribution in [3.63, 3.8) is 0 Å². The molecule has 1 aromatic rings. The summed E-state index contributed by atoms with van der Waals surface area (Å²) in [5.74, 6) is -0.0494. The zero-order valence-electron chi connectivity index (χ0n) is 7.61. The second kappa shape index (κ2) is 3.92. The SMILES string of the molecule is O=C(c1ccc(Cl)nn1)N1CCCC1. The molecule has 0 spiro atoms. The number of likely N-dealkylation sites (tertiary alicyclic amines) is 1. The first-order chi connectivity index (χ1) is 6.77. The van der Waals surface area contributed by atoms with Crippen molar-refractivity contribution >= 4 is 17.5 Å². The van der Waals surface area contributed by atoms with E-state index in [-0.39, 0.29) is 5.91 Å². The van der Waals surface area contributed by atoms with E-state index in [2.05, 4.69) is 10.2 Å². The largest absolute Gasteiger partial charge is 0.337 e. The predicted octanol–water partition coefficient (Wildman–Crippen LogP) is 1.37. The predicted molar refractivity (Wildman–Crippen MR) is 52.2 cm³/mol. The normalized spacial score (nSPS) is 15.9. The van der Waals surface area contributed by atoms with Crippen LogP contribution in [0, 0.1) is 0 Å². The molecule has 1 fully saturated rings. The molecule has 1 aliphatic rings. The third kappa shape index (κ3) is 1.85. The lowest BCUT2D eigenvalue weighted by Gasteiger charge is -2.13. The topological polar surface area (TPSA) is 46.1 Å². The summed E-state index contributed by atoms with van der Waals surface area (Å²) in [6.45, 7) is 1.65. The minimum Gasteiger partial charge on any atom is -0.337 e. The molecule has 0 aromatic carbocycles. The monoisotopic (exact) mass is 211 g/mol. The van der Waals surface area contributed by atoms with Crippen LogP contribution in [0.25, 0.3) is 0 Å². The molecule has 0 bridgehead atoms. The first-order valence-electron chi connectivity index (χ1n) is 4.56. The molecular weight excluding hydrogens is 202 g/mol. The Morgan fingerprint density at radius 1 is 1.29 bits per heavy atom. The van der Waals surface area contributed by atoms with Gasteiger partial charge in [0, 0.05) is 13.1 Å². The van der Waals surface area contributed by atoms with Gasteiger partial charge in [0.25, 0.3) is 5.91 Å². The molecule has 1 saturated heterocycles. The van der Waals surface area contributed by atoms with Gasteiger partial charge in [0.2, 0.25) is 0 Å². The molecule has 5 heteroatoms. The average molecular weight is 212 g/mol. The fourth-order valence-corrected chi connectivity index (χ4v) is 1.61. The van der Waals surface area contributed by atoms with Gasteiger partial charge in [-0.05, 0) is 25.0 Å². The van der Waals surface area contributed by atoms with Gasteiger partial charge in [-0.3, -0.25) is 4.79 Å². The molecule has 4 nitrogen and oxygen atoms in total. The maximum Gasteiger partial charge on any atom is 0.274 e. The van der Waals surface area contributed by atoms with Crippen LogP contribution in [0.3, 0.4) is 0 Å². The van der Waals surface area contributed by atoms with Gasteiger partial charge in [-0.15, -0.1) is 10.2 Å². The highest BCUT2D eigenvalue weighted by Gasteiger charge is 2.20. The summed E-state index contributed by atoms with van der Waals surface area (Å²) in [6, 6.07) is 3.19. The number of amides is 1. The van der Waals surface area contributed by atoms with Gasteiger partial charge in [-0.1, -0.05) is 11.6 Å². The van der Waals surface area contributed by atoms with Crippen LogP contribution in [0.5, 0.6) is 0 Å². The number of hydrogen-bond donors (Lipinski definition) is 0. The van der Waals surface area contributed by atoms with Gasteiger partial charge in [0.1, 0.15) is 0 Å². The molecule has 1 aliphatic heterocycles. The second-order valence-electron chi connectivity index (χ2n) is 3.24. The van der Waals surface area contributed by atoms with Gasteiger partial charge in [0.05, 0.1) is 0 Å². The molecule has 74 valence electrons. The highest BCUT2D eigenvalue weighted by atomic mass is 35.5. The first kappa shape index (κ1) is 9.40. The summed E-state index contributed by atoms with van der Waals surface area (Å²) >= 11 is 5.58. The molecule has 0 aliphatic carbocycles. The van der Waals surface area contributed by atoms with Gasteiger partial charge >= 0.3 is 0 Å². The number of hydrogen-bond acceptors (Lipinski definition) is 3. The Morgan fingerprint density at radius 2 is 2.00 bits per heavy atom. The lowest BCUT2D eigenvalue weighted by molar-refractivity contribution is 0.0786. The number of aromatic nitrogens is 2. The summed E-state index contributed by atoms with van der Waals surface area (Å²) in [7, 11) is 0.